The van der Waals surface area contributed by atoms with Crippen LogP contribution in [0, 0.1) is 6.92 Å². The summed E-state index contributed by atoms with van der Waals surface area (Å²) in [5.41, 5.74) is 2.65. The van der Waals surface area contributed by atoms with Gasteiger partial charge in [-0.2, -0.15) is 4.98 Å². The lowest BCUT2D eigenvalue weighted by Crippen LogP contribution is -2.14. The van der Waals surface area contributed by atoms with Crippen molar-refractivity contribution in [2.45, 2.75) is 19.8 Å². The molecule has 1 N–H and O–H groups in total. The van der Waals surface area contributed by atoms with Crippen LogP contribution in [0.15, 0.2) is 39.6 Å². The second kappa shape index (κ2) is 5.27. The fraction of sp³-hybridized carbons (Fsp3) is 0.231. The van der Waals surface area contributed by atoms with Crippen LogP contribution in [0.5, 0.6) is 0 Å². The first-order chi connectivity index (χ1) is 8.15. The third-order valence-electron chi connectivity index (χ3n) is 2.54. The van der Waals surface area contributed by atoms with E-state index in [9.17, 15) is 4.79 Å². The maximum absolute atomic E-state index is 11.2. The maximum atomic E-state index is 11.2. The summed E-state index contributed by atoms with van der Waals surface area (Å²) in [6.45, 7) is 1.87. The summed E-state index contributed by atoms with van der Waals surface area (Å²) >= 11 is 3.51. The molecular weight excluding hydrogens is 280 g/mol. The second-order valence-electron chi connectivity index (χ2n) is 3.95. The van der Waals surface area contributed by atoms with E-state index in [-0.39, 0.29) is 5.69 Å². The number of nitrogens with zero attached hydrogens (tertiary/aromatic N) is 1. The van der Waals surface area contributed by atoms with Crippen LogP contribution in [-0.4, -0.2) is 9.97 Å². The van der Waals surface area contributed by atoms with Crippen LogP contribution >= 0.6 is 15.9 Å². The van der Waals surface area contributed by atoms with Gasteiger partial charge in [-0.1, -0.05) is 34.1 Å². The van der Waals surface area contributed by atoms with E-state index in [1.54, 1.807) is 0 Å². The Kier molecular flexibility index (Phi) is 3.74. The van der Waals surface area contributed by atoms with E-state index in [0.717, 1.165) is 28.7 Å². The van der Waals surface area contributed by atoms with Gasteiger partial charge in [0, 0.05) is 15.9 Å². The Morgan fingerprint density at radius 3 is 2.76 bits per heavy atom. The van der Waals surface area contributed by atoms with Gasteiger partial charge >= 0.3 is 5.69 Å². The number of benzene rings is 1. The molecule has 1 aromatic carbocycles. The van der Waals surface area contributed by atoms with Gasteiger partial charge in [-0.15, -0.1) is 0 Å². The minimum absolute atomic E-state index is 0.271. The molecule has 2 aromatic rings. The minimum atomic E-state index is -0.271. The van der Waals surface area contributed by atoms with Crippen molar-refractivity contribution in [3.63, 3.8) is 0 Å². The molecule has 0 saturated heterocycles. The van der Waals surface area contributed by atoms with E-state index in [1.165, 1.54) is 5.56 Å². The van der Waals surface area contributed by atoms with E-state index < -0.39 is 0 Å². The molecule has 0 radical (unpaired) electrons. The first-order valence-electron chi connectivity index (χ1n) is 5.45. The number of aromatic amines is 1. The first kappa shape index (κ1) is 12.0. The highest BCUT2D eigenvalue weighted by atomic mass is 79.9. The van der Waals surface area contributed by atoms with Gasteiger partial charge in [0.25, 0.3) is 0 Å². The van der Waals surface area contributed by atoms with Gasteiger partial charge in [0.15, 0.2) is 0 Å². The number of aromatic nitrogens is 2. The highest BCUT2D eigenvalue weighted by molar-refractivity contribution is 9.10. The zero-order valence-corrected chi connectivity index (χ0v) is 11.1. The highest BCUT2D eigenvalue weighted by Crippen LogP contribution is 2.17. The van der Waals surface area contributed by atoms with Gasteiger partial charge in [0.2, 0.25) is 0 Å². The van der Waals surface area contributed by atoms with Gasteiger partial charge in [-0.05, 0) is 37.5 Å². The number of hydrogen-bond acceptors (Lipinski definition) is 2. The van der Waals surface area contributed by atoms with Crippen molar-refractivity contribution in [1.82, 2.24) is 9.97 Å². The number of hydrogen-bond donors (Lipinski definition) is 1. The lowest BCUT2D eigenvalue weighted by atomic mass is 10.1. The zero-order chi connectivity index (χ0) is 12.3. The molecule has 0 saturated carbocycles. The molecule has 17 heavy (non-hydrogen) atoms. The molecule has 0 unspecified atom stereocenters. The molecule has 0 aliphatic carbocycles. The minimum Gasteiger partial charge on any atom is -0.310 e. The average Bonchev–Trinajstić information content (AvgIpc) is 2.27. The van der Waals surface area contributed by atoms with Crippen molar-refractivity contribution >= 4 is 15.9 Å². The summed E-state index contributed by atoms with van der Waals surface area (Å²) in [7, 11) is 0. The van der Waals surface area contributed by atoms with E-state index in [2.05, 4.69) is 32.0 Å². The summed E-state index contributed by atoms with van der Waals surface area (Å²) < 4.78 is 1.10. The third kappa shape index (κ3) is 3.27. The second-order valence-corrected chi connectivity index (χ2v) is 4.81. The highest BCUT2D eigenvalue weighted by Gasteiger charge is 2.02. The first-order valence-corrected chi connectivity index (χ1v) is 6.25. The van der Waals surface area contributed by atoms with Crippen molar-refractivity contribution in [2.24, 2.45) is 0 Å². The molecule has 2 rings (SSSR count). The van der Waals surface area contributed by atoms with E-state index in [1.807, 2.05) is 31.2 Å². The average molecular weight is 293 g/mol. The van der Waals surface area contributed by atoms with Crippen LogP contribution in [0.25, 0.3) is 0 Å². The van der Waals surface area contributed by atoms with Crippen LogP contribution in [-0.2, 0) is 12.8 Å². The zero-order valence-electron chi connectivity index (χ0n) is 9.53. The monoisotopic (exact) mass is 292 g/mol. The summed E-state index contributed by atoms with van der Waals surface area (Å²) in [5, 5.41) is 0. The van der Waals surface area contributed by atoms with E-state index in [0.29, 0.717) is 0 Å². The molecular formula is C13H13BrN2O. The molecule has 0 spiro atoms. The maximum Gasteiger partial charge on any atom is 0.345 e. The van der Waals surface area contributed by atoms with Crippen molar-refractivity contribution in [1.29, 1.82) is 0 Å². The number of rotatable bonds is 3. The predicted octanol–water partition coefficient (Wildman–Crippen LogP) is 2.63. The van der Waals surface area contributed by atoms with Gasteiger partial charge in [-0.25, -0.2) is 4.79 Å². The molecule has 1 aromatic heterocycles. The van der Waals surface area contributed by atoms with E-state index in [4.69, 9.17) is 0 Å². The topological polar surface area (TPSA) is 45.8 Å². The Labute approximate surface area is 108 Å². The summed E-state index contributed by atoms with van der Waals surface area (Å²) in [6.07, 6.45) is 1.64. The normalized spacial score (nSPS) is 10.5. The van der Waals surface area contributed by atoms with Crippen molar-refractivity contribution in [3.8, 4) is 0 Å². The quantitative estimate of drug-likeness (QED) is 0.945. The van der Waals surface area contributed by atoms with Gasteiger partial charge in [0.05, 0.1) is 0 Å². The van der Waals surface area contributed by atoms with Crippen LogP contribution in [0.2, 0.25) is 0 Å². The molecule has 88 valence electrons. The van der Waals surface area contributed by atoms with Crippen LogP contribution in [0.4, 0.5) is 0 Å². The van der Waals surface area contributed by atoms with Crippen molar-refractivity contribution in [2.75, 3.05) is 0 Å². The lowest BCUT2D eigenvalue weighted by Gasteiger charge is -2.04. The fourth-order valence-corrected chi connectivity index (χ4v) is 2.22. The SMILES string of the molecule is Cc1cc(CCc2ccccc2Br)nc(=O)[nH]1. The summed E-state index contributed by atoms with van der Waals surface area (Å²) in [4.78, 5) is 17.8. The van der Waals surface area contributed by atoms with Gasteiger partial charge in [-0.3, -0.25) is 0 Å². The number of halogens is 1. The molecule has 1 heterocycles. The summed E-state index contributed by atoms with van der Waals surface area (Å²) in [5.74, 6) is 0. The lowest BCUT2D eigenvalue weighted by molar-refractivity contribution is 0.868. The van der Waals surface area contributed by atoms with E-state index >= 15 is 0 Å². The Bertz CT molecular complexity index is 578. The predicted molar refractivity (Wildman–Crippen MR) is 71.1 cm³/mol. The molecule has 3 nitrogen and oxygen atoms in total. The molecule has 4 heteroatoms. The molecule has 0 fully saturated rings. The summed E-state index contributed by atoms with van der Waals surface area (Å²) in [6, 6.07) is 10.0. The Balaban J connectivity index is 2.13. The molecule has 0 amide bonds. The van der Waals surface area contributed by atoms with Gasteiger partial charge in [0.1, 0.15) is 0 Å². The van der Waals surface area contributed by atoms with Gasteiger partial charge < -0.3 is 4.98 Å². The van der Waals surface area contributed by atoms with Crippen LogP contribution in [0.3, 0.4) is 0 Å². The van der Waals surface area contributed by atoms with Crippen molar-refractivity contribution in [3.05, 3.63) is 62.2 Å². The van der Waals surface area contributed by atoms with Crippen LogP contribution < -0.4 is 5.69 Å². The molecule has 0 aliphatic rings. The standard InChI is InChI=1S/C13H13BrN2O/c1-9-8-11(16-13(17)15-9)7-6-10-4-2-3-5-12(10)14/h2-5,8H,6-7H2,1H3,(H,15,16,17). The largest absolute Gasteiger partial charge is 0.345 e. The number of aryl methyl sites for hydroxylation is 3. The Morgan fingerprint density at radius 2 is 2.06 bits per heavy atom. The third-order valence-corrected chi connectivity index (χ3v) is 3.31. The van der Waals surface area contributed by atoms with Crippen LogP contribution in [0.1, 0.15) is 17.0 Å². The Hall–Kier alpha value is -1.42. The molecule has 0 bridgehead atoms. The molecule has 0 aliphatic heterocycles. The number of H-pyrrole nitrogens is 1. The smallest absolute Gasteiger partial charge is 0.310 e. The number of nitrogens with one attached hydrogen (secondary N) is 1. The Morgan fingerprint density at radius 1 is 1.29 bits per heavy atom. The fourth-order valence-electron chi connectivity index (χ4n) is 1.74. The molecule has 0 atom stereocenters. The van der Waals surface area contributed by atoms with Crippen molar-refractivity contribution < 1.29 is 0 Å².